The molecule has 3 rings (SSSR count). The average molecular weight is 218 g/mol. The van der Waals surface area contributed by atoms with E-state index in [9.17, 15) is 0 Å². The number of hydrogen-bond acceptors (Lipinski definition) is 3. The van der Waals surface area contributed by atoms with Crippen LogP contribution >= 0.6 is 0 Å². The number of hydrogen-bond donors (Lipinski definition) is 1. The van der Waals surface area contributed by atoms with Gasteiger partial charge in [-0.2, -0.15) is 0 Å². The van der Waals surface area contributed by atoms with Crippen LogP contribution in [0.1, 0.15) is 12.2 Å². The molecule has 2 heterocycles. The van der Waals surface area contributed by atoms with Crippen LogP contribution in [0.2, 0.25) is 0 Å². The fourth-order valence-corrected chi connectivity index (χ4v) is 2.65. The van der Waals surface area contributed by atoms with E-state index in [1.54, 1.807) is 0 Å². The summed E-state index contributed by atoms with van der Waals surface area (Å²) in [6.45, 7) is 4.30. The quantitative estimate of drug-likeness (QED) is 0.740. The molecule has 1 aromatic rings. The first-order valence-electron chi connectivity index (χ1n) is 5.97. The molecule has 4 nitrogen and oxygen atoms in total. The van der Waals surface area contributed by atoms with E-state index in [1.807, 2.05) is 6.20 Å². The topological polar surface area (TPSA) is 47.1 Å². The Bertz CT molecular complexity index is 395. The van der Waals surface area contributed by atoms with Crippen LogP contribution in [0.5, 0.6) is 0 Å². The summed E-state index contributed by atoms with van der Waals surface area (Å²) < 4.78 is 2.24. The maximum Gasteiger partial charge on any atom is 0.122 e. The van der Waals surface area contributed by atoms with Crippen molar-refractivity contribution in [1.82, 2.24) is 14.5 Å². The molecule has 1 aliphatic carbocycles. The molecule has 86 valence electrons. The molecule has 0 fully saturated rings. The molecule has 0 spiro atoms. The highest BCUT2D eigenvalue weighted by molar-refractivity contribution is 5.06. The van der Waals surface area contributed by atoms with E-state index in [2.05, 4.69) is 32.8 Å². The minimum absolute atomic E-state index is 0.275. The molecule has 0 saturated carbocycles. The number of fused-ring (bicyclic) bond motifs is 1. The average Bonchev–Trinajstić information content (AvgIpc) is 2.87. The molecule has 0 bridgehead atoms. The van der Waals surface area contributed by atoms with Crippen LogP contribution in [0, 0.1) is 5.92 Å². The van der Waals surface area contributed by atoms with Gasteiger partial charge >= 0.3 is 0 Å². The molecule has 4 heteroatoms. The summed E-state index contributed by atoms with van der Waals surface area (Å²) in [5.74, 6) is 1.83. The van der Waals surface area contributed by atoms with Crippen molar-refractivity contribution < 1.29 is 0 Å². The molecule has 0 saturated heterocycles. The first kappa shape index (κ1) is 10.1. The monoisotopic (exact) mass is 218 g/mol. The fraction of sp³-hybridized carbons (Fsp3) is 0.583. The third-order valence-electron chi connectivity index (χ3n) is 3.52. The van der Waals surface area contributed by atoms with Crippen LogP contribution in [0.25, 0.3) is 0 Å². The number of nitrogens with two attached hydrogens (primary N) is 1. The third-order valence-corrected chi connectivity index (χ3v) is 3.52. The Morgan fingerprint density at radius 1 is 1.38 bits per heavy atom. The van der Waals surface area contributed by atoms with E-state index < -0.39 is 0 Å². The van der Waals surface area contributed by atoms with Gasteiger partial charge in [-0.1, -0.05) is 12.2 Å². The van der Waals surface area contributed by atoms with E-state index in [1.165, 1.54) is 5.82 Å². The SMILES string of the molecule is NC1C=CC(CN2CCn3ccnc3C2)C1. The van der Waals surface area contributed by atoms with Crippen molar-refractivity contribution in [3.63, 3.8) is 0 Å². The zero-order valence-corrected chi connectivity index (χ0v) is 9.42. The van der Waals surface area contributed by atoms with Gasteiger partial charge in [-0.3, -0.25) is 4.90 Å². The number of imidazole rings is 1. The van der Waals surface area contributed by atoms with Crippen molar-refractivity contribution in [2.45, 2.75) is 25.6 Å². The van der Waals surface area contributed by atoms with Crippen LogP contribution in [0.4, 0.5) is 0 Å². The molecule has 1 aliphatic heterocycles. The Hall–Kier alpha value is -1.13. The molecule has 0 aromatic carbocycles. The van der Waals surface area contributed by atoms with Gasteiger partial charge in [0.25, 0.3) is 0 Å². The van der Waals surface area contributed by atoms with Gasteiger partial charge in [-0.05, 0) is 12.3 Å². The highest BCUT2D eigenvalue weighted by Crippen LogP contribution is 2.20. The van der Waals surface area contributed by atoms with Gasteiger partial charge in [0.15, 0.2) is 0 Å². The fourth-order valence-electron chi connectivity index (χ4n) is 2.65. The summed E-state index contributed by atoms with van der Waals surface area (Å²) in [7, 11) is 0. The van der Waals surface area contributed by atoms with Crippen LogP contribution in [0.3, 0.4) is 0 Å². The van der Waals surface area contributed by atoms with E-state index >= 15 is 0 Å². The van der Waals surface area contributed by atoms with Crippen LogP contribution in [-0.4, -0.2) is 33.6 Å². The zero-order valence-electron chi connectivity index (χ0n) is 9.42. The molecular formula is C12H18N4. The predicted octanol–water partition coefficient (Wildman–Crippen LogP) is 0.602. The van der Waals surface area contributed by atoms with Crippen molar-refractivity contribution in [1.29, 1.82) is 0 Å². The Kier molecular flexibility index (Phi) is 2.53. The molecular weight excluding hydrogens is 200 g/mol. The lowest BCUT2D eigenvalue weighted by Gasteiger charge is -2.29. The van der Waals surface area contributed by atoms with E-state index in [0.29, 0.717) is 5.92 Å². The normalized spacial score (nSPS) is 29.6. The van der Waals surface area contributed by atoms with Gasteiger partial charge in [0, 0.05) is 38.1 Å². The Morgan fingerprint density at radius 2 is 2.31 bits per heavy atom. The highest BCUT2D eigenvalue weighted by atomic mass is 15.2. The van der Waals surface area contributed by atoms with Gasteiger partial charge in [0.05, 0.1) is 6.54 Å². The second kappa shape index (κ2) is 4.03. The Balaban J connectivity index is 1.60. The zero-order chi connectivity index (χ0) is 11.0. The first-order chi connectivity index (χ1) is 7.81. The lowest BCUT2D eigenvalue weighted by atomic mass is 10.1. The number of nitrogens with zero attached hydrogens (tertiary/aromatic N) is 3. The lowest BCUT2D eigenvalue weighted by molar-refractivity contribution is 0.196. The molecule has 0 amide bonds. The number of rotatable bonds is 2. The highest BCUT2D eigenvalue weighted by Gasteiger charge is 2.22. The second-order valence-corrected chi connectivity index (χ2v) is 4.82. The predicted molar refractivity (Wildman–Crippen MR) is 62.7 cm³/mol. The van der Waals surface area contributed by atoms with Crippen molar-refractivity contribution >= 4 is 0 Å². The molecule has 2 atom stereocenters. The molecule has 1 aromatic heterocycles. The van der Waals surface area contributed by atoms with Gasteiger partial charge in [0.2, 0.25) is 0 Å². The first-order valence-corrected chi connectivity index (χ1v) is 5.97. The summed E-state index contributed by atoms with van der Waals surface area (Å²) >= 11 is 0. The summed E-state index contributed by atoms with van der Waals surface area (Å²) in [6.07, 6.45) is 9.47. The van der Waals surface area contributed by atoms with Crippen molar-refractivity contribution in [3.05, 3.63) is 30.4 Å². The standard InChI is InChI=1S/C12H18N4/c13-11-2-1-10(7-11)8-15-5-6-16-4-3-14-12(16)9-15/h1-4,10-11H,5-9,13H2. The minimum atomic E-state index is 0.275. The maximum absolute atomic E-state index is 5.87. The molecule has 16 heavy (non-hydrogen) atoms. The van der Waals surface area contributed by atoms with Crippen LogP contribution in [0.15, 0.2) is 24.5 Å². The largest absolute Gasteiger partial charge is 0.333 e. The van der Waals surface area contributed by atoms with E-state index in [0.717, 1.165) is 32.6 Å². The van der Waals surface area contributed by atoms with Crippen molar-refractivity contribution in [2.24, 2.45) is 11.7 Å². The van der Waals surface area contributed by atoms with E-state index in [-0.39, 0.29) is 6.04 Å². The van der Waals surface area contributed by atoms with E-state index in [4.69, 9.17) is 5.73 Å². The summed E-state index contributed by atoms with van der Waals surface area (Å²) in [5, 5.41) is 0. The van der Waals surface area contributed by atoms with Crippen LogP contribution < -0.4 is 5.73 Å². The third kappa shape index (κ3) is 1.90. The maximum atomic E-state index is 5.87. The Morgan fingerprint density at radius 3 is 3.12 bits per heavy atom. The minimum Gasteiger partial charge on any atom is -0.333 e. The van der Waals surface area contributed by atoms with Gasteiger partial charge < -0.3 is 10.3 Å². The molecule has 2 unspecified atom stereocenters. The smallest absolute Gasteiger partial charge is 0.122 e. The number of aromatic nitrogens is 2. The summed E-state index contributed by atoms with van der Waals surface area (Å²) in [5.41, 5.74) is 5.87. The van der Waals surface area contributed by atoms with Crippen molar-refractivity contribution in [2.75, 3.05) is 13.1 Å². The summed E-state index contributed by atoms with van der Waals surface area (Å²) in [4.78, 5) is 6.86. The van der Waals surface area contributed by atoms with Gasteiger partial charge in [-0.15, -0.1) is 0 Å². The Labute approximate surface area is 95.8 Å². The molecule has 2 aliphatic rings. The molecule has 2 N–H and O–H groups in total. The lowest BCUT2D eigenvalue weighted by Crippen LogP contribution is -2.36. The van der Waals surface area contributed by atoms with Crippen LogP contribution in [-0.2, 0) is 13.1 Å². The molecule has 0 radical (unpaired) electrons. The van der Waals surface area contributed by atoms with Crippen molar-refractivity contribution in [3.8, 4) is 0 Å². The van der Waals surface area contributed by atoms with Gasteiger partial charge in [-0.25, -0.2) is 4.98 Å². The second-order valence-electron chi connectivity index (χ2n) is 4.82. The van der Waals surface area contributed by atoms with Gasteiger partial charge in [0.1, 0.15) is 5.82 Å². The summed E-state index contributed by atoms with van der Waals surface area (Å²) in [6, 6.07) is 0.275.